The van der Waals surface area contributed by atoms with E-state index in [4.69, 9.17) is 4.74 Å². The predicted octanol–water partition coefficient (Wildman–Crippen LogP) is 3.59. The highest BCUT2D eigenvalue weighted by Crippen LogP contribution is 2.24. The fraction of sp³-hybridized carbons (Fsp3) is 0.316. The Hall–Kier alpha value is -2.33. The van der Waals surface area contributed by atoms with Gasteiger partial charge in [-0.15, -0.1) is 0 Å². The highest BCUT2D eigenvalue weighted by atomic mass is 16.5. The second-order valence-corrected chi connectivity index (χ2v) is 5.62. The van der Waals surface area contributed by atoms with Crippen molar-refractivity contribution in [2.24, 2.45) is 0 Å². The molecule has 0 heterocycles. The van der Waals surface area contributed by atoms with Crippen LogP contribution in [0.4, 0.5) is 5.69 Å². The molecule has 0 unspecified atom stereocenters. The minimum Gasteiger partial charge on any atom is -0.489 e. The number of nitrogens with one attached hydrogen (secondary N) is 2. The van der Waals surface area contributed by atoms with Crippen LogP contribution in [0.2, 0.25) is 0 Å². The zero-order valence-corrected chi connectivity index (χ0v) is 13.7. The van der Waals surface area contributed by atoms with Crippen molar-refractivity contribution in [3.63, 3.8) is 0 Å². The molecule has 0 bridgehead atoms. The van der Waals surface area contributed by atoms with E-state index in [9.17, 15) is 4.79 Å². The van der Waals surface area contributed by atoms with E-state index in [1.54, 1.807) is 0 Å². The van der Waals surface area contributed by atoms with Gasteiger partial charge in [0.05, 0.1) is 11.8 Å². The molecule has 0 atom stereocenters. The summed E-state index contributed by atoms with van der Waals surface area (Å²) in [6.45, 7) is 5.33. The van der Waals surface area contributed by atoms with Crippen molar-refractivity contribution in [3.05, 3.63) is 60.2 Å². The number of hydrogen-bond donors (Lipinski definition) is 2. The van der Waals surface area contributed by atoms with Crippen LogP contribution in [0.15, 0.2) is 54.6 Å². The average Bonchev–Trinajstić information content (AvgIpc) is 2.54. The molecule has 1 amide bonds. The average molecular weight is 312 g/mol. The molecule has 2 rings (SSSR count). The predicted molar refractivity (Wildman–Crippen MR) is 93.6 cm³/mol. The van der Waals surface area contributed by atoms with Crippen molar-refractivity contribution in [2.75, 3.05) is 11.9 Å². The summed E-state index contributed by atoms with van der Waals surface area (Å²) < 4.78 is 5.70. The Balaban J connectivity index is 1.76. The Kier molecular flexibility index (Phi) is 6.63. The lowest BCUT2D eigenvalue weighted by Gasteiger charge is -2.14. The molecule has 0 fully saturated rings. The number of amides is 1. The molecule has 2 aromatic rings. The maximum absolute atomic E-state index is 12.1. The quantitative estimate of drug-likeness (QED) is 0.732. The van der Waals surface area contributed by atoms with Gasteiger partial charge in [-0.2, -0.15) is 0 Å². The summed E-state index contributed by atoms with van der Waals surface area (Å²) in [6, 6.07) is 17.6. The minimum absolute atomic E-state index is 0.0228. The molecule has 0 aliphatic heterocycles. The zero-order chi connectivity index (χ0) is 16.5. The fourth-order valence-corrected chi connectivity index (χ4v) is 2.17. The van der Waals surface area contributed by atoms with Gasteiger partial charge in [0.15, 0.2) is 0 Å². The van der Waals surface area contributed by atoms with E-state index in [-0.39, 0.29) is 12.0 Å². The Morgan fingerprint density at radius 2 is 1.74 bits per heavy atom. The van der Waals surface area contributed by atoms with Crippen molar-refractivity contribution >= 4 is 11.6 Å². The Morgan fingerprint density at radius 1 is 1.04 bits per heavy atom. The van der Waals surface area contributed by atoms with Crippen molar-refractivity contribution in [1.82, 2.24) is 5.32 Å². The Morgan fingerprint density at radius 3 is 2.48 bits per heavy atom. The van der Waals surface area contributed by atoms with Gasteiger partial charge in [0.25, 0.3) is 0 Å². The van der Waals surface area contributed by atoms with Crippen molar-refractivity contribution in [3.8, 4) is 5.75 Å². The first-order chi connectivity index (χ1) is 11.1. The molecule has 0 radical (unpaired) electrons. The van der Waals surface area contributed by atoms with E-state index < -0.39 is 0 Å². The standard InChI is InChI=1S/C19H24N2O2/c1-15(2)23-18-11-7-6-10-17(18)21-19(22)12-13-20-14-16-8-4-3-5-9-16/h3-11,15,20H,12-14H2,1-2H3,(H,21,22). The Labute approximate surface area is 137 Å². The van der Waals surface area contributed by atoms with Gasteiger partial charge < -0.3 is 15.4 Å². The van der Waals surface area contributed by atoms with Gasteiger partial charge >= 0.3 is 0 Å². The van der Waals surface area contributed by atoms with E-state index in [2.05, 4.69) is 22.8 Å². The summed E-state index contributed by atoms with van der Waals surface area (Å²) in [5.41, 5.74) is 1.93. The van der Waals surface area contributed by atoms with E-state index in [1.807, 2.05) is 56.3 Å². The molecular formula is C19H24N2O2. The molecule has 0 aliphatic carbocycles. The first-order valence-electron chi connectivity index (χ1n) is 7.95. The normalized spacial score (nSPS) is 10.6. The highest BCUT2D eigenvalue weighted by molar-refractivity contribution is 5.92. The third-order valence-corrected chi connectivity index (χ3v) is 3.22. The maximum Gasteiger partial charge on any atom is 0.225 e. The number of rotatable bonds is 8. The van der Waals surface area contributed by atoms with Gasteiger partial charge in [-0.3, -0.25) is 4.79 Å². The van der Waals surface area contributed by atoms with Crippen LogP contribution in [0.3, 0.4) is 0 Å². The topological polar surface area (TPSA) is 50.4 Å². The second-order valence-electron chi connectivity index (χ2n) is 5.62. The first kappa shape index (κ1) is 17.0. The number of carbonyl (C=O) groups is 1. The van der Waals surface area contributed by atoms with Crippen LogP contribution < -0.4 is 15.4 Å². The second kappa shape index (κ2) is 8.96. The number of anilines is 1. The van der Waals surface area contributed by atoms with Gasteiger partial charge in [-0.25, -0.2) is 0 Å². The summed E-state index contributed by atoms with van der Waals surface area (Å²) in [4.78, 5) is 12.1. The van der Waals surface area contributed by atoms with Crippen LogP contribution in [0, 0.1) is 0 Å². The van der Waals surface area contributed by atoms with Crippen LogP contribution in [-0.2, 0) is 11.3 Å². The largest absolute Gasteiger partial charge is 0.489 e. The summed E-state index contributed by atoms with van der Waals surface area (Å²) >= 11 is 0. The summed E-state index contributed by atoms with van der Waals surface area (Å²) in [6.07, 6.45) is 0.489. The van der Waals surface area contributed by atoms with Gasteiger partial charge in [0, 0.05) is 19.5 Å². The summed E-state index contributed by atoms with van der Waals surface area (Å²) in [7, 11) is 0. The lowest BCUT2D eigenvalue weighted by molar-refractivity contribution is -0.116. The number of para-hydroxylation sites is 2. The summed E-state index contributed by atoms with van der Waals surface area (Å²) in [5.74, 6) is 0.679. The molecular weight excluding hydrogens is 288 g/mol. The van der Waals surface area contributed by atoms with Crippen LogP contribution in [0.5, 0.6) is 5.75 Å². The van der Waals surface area contributed by atoms with E-state index in [1.165, 1.54) is 5.56 Å². The number of hydrogen-bond acceptors (Lipinski definition) is 3. The minimum atomic E-state index is -0.0228. The lowest BCUT2D eigenvalue weighted by Crippen LogP contribution is -2.22. The third kappa shape index (κ3) is 6.12. The van der Waals surface area contributed by atoms with Crippen LogP contribution in [-0.4, -0.2) is 18.6 Å². The van der Waals surface area contributed by atoms with Gasteiger partial charge in [0.2, 0.25) is 5.91 Å². The molecule has 0 aliphatic rings. The number of benzene rings is 2. The number of ether oxygens (including phenoxy) is 1. The Bertz CT molecular complexity index is 612. The summed E-state index contributed by atoms with van der Waals surface area (Å²) in [5, 5.41) is 6.18. The smallest absolute Gasteiger partial charge is 0.225 e. The van der Waals surface area contributed by atoms with Crippen molar-refractivity contribution in [2.45, 2.75) is 32.9 Å². The molecule has 0 aromatic heterocycles. The molecule has 0 saturated carbocycles. The zero-order valence-electron chi connectivity index (χ0n) is 13.7. The molecule has 2 aromatic carbocycles. The molecule has 23 heavy (non-hydrogen) atoms. The third-order valence-electron chi connectivity index (χ3n) is 3.22. The SMILES string of the molecule is CC(C)Oc1ccccc1NC(=O)CCNCc1ccccc1. The molecule has 0 spiro atoms. The van der Waals surface area contributed by atoms with Crippen molar-refractivity contribution < 1.29 is 9.53 Å². The van der Waals surface area contributed by atoms with Gasteiger partial charge in [-0.05, 0) is 31.5 Å². The van der Waals surface area contributed by atoms with Crippen molar-refractivity contribution in [1.29, 1.82) is 0 Å². The molecule has 4 nitrogen and oxygen atoms in total. The van der Waals surface area contributed by atoms with Gasteiger partial charge in [-0.1, -0.05) is 42.5 Å². The molecule has 2 N–H and O–H groups in total. The maximum atomic E-state index is 12.1. The number of carbonyl (C=O) groups excluding carboxylic acids is 1. The monoisotopic (exact) mass is 312 g/mol. The first-order valence-corrected chi connectivity index (χ1v) is 7.95. The molecule has 0 saturated heterocycles. The van der Waals surface area contributed by atoms with E-state index >= 15 is 0 Å². The van der Waals surface area contributed by atoms with Crippen LogP contribution in [0.1, 0.15) is 25.8 Å². The molecule has 122 valence electrons. The van der Waals surface area contributed by atoms with E-state index in [0.717, 1.165) is 6.54 Å². The molecule has 4 heteroatoms. The van der Waals surface area contributed by atoms with Crippen LogP contribution >= 0.6 is 0 Å². The van der Waals surface area contributed by atoms with Crippen LogP contribution in [0.25, 0.3) is 0 Å². The fourth-order valence-electron chi connectivity index (χ4n) is 2.17. The highest BCUT2D eigenvalue weighted by Gasteiger charge is 2.08. The van der Waals surface area contributed by atoms with Gasteiger partial charge in [0.1, 0.15) is 5.75 Å². The lowest BCUT2D eigenvalue weighted by atomic mass is 10.2. The van der Waals surface area contributed by atoms with E-state index in [0.29, 0.717) is 24.4 Å².